The first kappa shape index (κ1) is 18.4. The van der Waals surface area contributed by atoms with Gasteiger partial charge < -0.3 is 19.4 Å². The van der Waals surface area contributed by atoms with Gasteiger partial charge in [0.1, 0.15) is 17.5 Å². The molecule has 0 radical (unpaired) electrons. The van der Waals surface area contributed by atoms with Crippen LogP contribution in [0, 0.1) is 0 Å². The molecule has 0 bridgehead atoms. The van der Waals surface area contributed by atoms with Gasteiger partial charge >= 0.3 is 0 Å². The monoisotopic (exact) mass is 392 g/mol. The van der Waals surface area contributed by atoms with E-state index in [0.717, 1.165) is 10.9 Å². The SMILES string of the molecule is COc1cc(OC)c2ccn(C(C)C(=O)Nc3cc(Cl)ccc3Cl)c2c1. The van der Waals surface area contributed by atoms with Gasteiger partial charge in [0.25, 0.3) is 0 Å². The Hall–Kier alpha value is -2.37. The summed E-state index contributed by atoms with van der Waals surface area (Å²) in [4.78, 5) is 12.7. The largest absolute Gasteiger partial charge is 0.497 e. The molecule has 26 heavy (non-hydrogen) atoms. The molecule has 3 rings (SSSR count). The number of anilines is 1. The van der Waals surface area contributed by atoms with Crippen molar-refractivity contribution in [3.05, 3.63) is 52.6 Å². The predicted octanol–water partition coefficient (Wildman–Crippen LogP) is 5.17. The van der Waals surface area contributed by atoms with Crippen molar-refractivity contribution in [1.29, 1.82) is 0 Å². The van der Waals surface area contributed by atoms with E-state index in [4.69, 9.17) is 32.7 Å². The highest BCUT2D eigenvalue weighted by molar-refractivity contribution is 6.35. The van der Waals surface area contributed by atoms with Crippen LogP contribution in [0.3, 0.4) is 0 Å². The number of nitrogens with one attached hydrogen (secondary N) is 1. The maximum atomic E-state index is 12.7. The summed E-state index contributed by atoms with van der Waals surface area (Å²) in [6.07, 6.45) is 1.84. The van der Waals surface area contributed by atoms with Crippen LogP contribution in [0.1, 0.15) is 13.0 Å². The zero-order valence-electron chi connectivity index (χ0n) is 14.5. The van der Waals surface area contributed by atoms with Crippen LogP contribution in [0.2, 0.25) is 10.0 Å². The average Bonchev–Trinajstić information content (AvgIpc) is 3.06. The molecule has 0 fully saturated rings. The first-order valence-electron chi connectivity index (χ1n) is 7.93. The van der Waals surface area contributed by atoms with Crippen LogP contribution in [-0.4, -0.2) is 24.7 Å². The van der Waals surface area contributed by atoms with Gasteiger partial charge in [-0.05, 0) is 31.2 Å². The third kappa shape index (κ3) is 3.45. The number of ether oxygens (including phenoxy) is 2. The third-order valence-corrected chi connectivity index (χ3v) is 4.78. The molecular formula is C19H18Cl2N2O3. The van der Waals surface area contributed by atoms with Crippen LogP contribution in [0.5, 0.6) is 11.5 Å². The molecule has 0 aliphatic carbocycles. The molecule has 1 aromatic heterocycles. The van der Waals surface area contributed by atoms with Gasteiger partial charge in [-0.15, -0.1) is 0 Å². The van der Waals surface area contributed by atoms with E-state index < -0.39 is 6.04 Å². The minimum Gasteiger partial charge on any atom is -0.497 e. The van der Waals surface area contributed by atoms with Crippen LogP contribution in [0.25, 0.3) is 10.9 Å². The zero-order valence-corrected chi connectivity index (χ0v) is 16.1. The molecule has 0 spiro atoms. The summed E-state index contributed by atoms with van der Waals surface area (Å²) in [5.74, 6) is 1.12. The van der Waals surface area contributed by atoms with E-state index in [1.807, 2.05) is 29.0 Å². The highest BCUT2D eigenvalue weighted by Crippen LogP contribution is 2.34. The number of nitrogens with zero attached hydrogens (tertiary/aromatic N) is 1. The molecule has 1 atom stereocenters. The number of hydrogen-bond donors (Lipinski definition) is 1. The molecule has 3 aromatic rings. The molecule has 7 heteroatoms. The van der Waals surface area contributed by atoms with E-state index in [2.05, 4.69) is 5.32 Å². The van der Waals surface area contributed by atoms with Crippen molar-refractivity contribution < 1.29 is 14.3 Å². The maximum absolute atomic E-state index is 12.7. The van der Waals surface area contributed by atoms with Crippen LogP contribution in [-0.2, 0) is 4.79 Å². The van der Waals surface area contributed by atoms with Gasteiger partial charge in [-0.3, -0.25) is 4.79 Å². The molecule has 0 saturated heterocycles. The summed E-state index contributed by atoms with van der Waals surface area (Å²) in [5.41, 5.74) is 1.31. The Kier molecular flexibility index (Phi) is 5.30. The molecular weight excluding hydrogens is 375 g/mol. The van der Waals surface area contributed by atoms with Crippen LogP contribution in [0.15, 0.2) is 42.6 Å². The third-order valence-electron chi connectivity index (χ3n) is 4.21. The number of benzene rings is 2. The van der Waals surface area contributed by atoms with Crippen molar-refractivity contribution in [1.82, 2.24) is 4.57 Å². The van der Waals surface area contributed by atoms with Gasteiger partial charge in [-0.1, -0.05) is 23.2 Å². The molecule has 0 aliphatic rings. The second kappa shape index (κ2) is 7.48. The van der Waals surface area contributed by atoms with E-state index in [0.29, 0.717) is 27.2 Å². The minimum atomic E-state index is -0.487. The number of hydrogen-bond acceptors (Lipinski definition) is 3. The zero-order chi connectivity index (χ0) is 18.8. The molecule has 1 amide bonds. The minimum absolute atomic E-state index is 0.214. The lowest BCUT2D eigenvalue weighted by Gasteiger charge is -2.17. The fraction of sp³-hybridized carbons (Fsp3) is 0.211. The number of carbonyl (C=O) groups excluding carboxylic acids is 1. The van der Waals surface area contributed by atoms with Crippen LogP contribution < -0.4 is 14.8 Å². The Balaban J connectivity index is 1.95. The van der Waals surface area contributed by atoms with Gasteiger partial charge in [-0.25, -0.2) is 0 Å². The van der Waals surface area contributed by atoms with Crippen molar-refractivity contribution in [2.45, 2.75) is 13.0 Å². The summed E-state index contributed by atoms with van der Waals surface area (Å²) in [7, 11) is 3.19. The van der Waals surface area contributed by atoms with Crippen molar-refractivity contribution in [2.24, 2.45) is 0 Å². The number of methoxy groups -OCH3 is 2. The Morgan fingerprint density at radius 3 is 2.58 bits per heavy atom. The molecule has 1 N–H and O–H groups in total. The van der Waals surface area contributed by atoms with Crippen molar-refractivity contribution in [3.8, 4) is 11.5 Å². The summed E-state index contributed by atoms with van der Waals surface area (Å²) in [6, 6.07) is 10.0. The number of amides is 1. The lowest BCUT2D eigenvalue weighted by molar-refractivity contribution is -0.118. The van der Waals surface area contributed by atoms with E-state index in [9.17, 15) is 4.79 Å². The number of rotatable bonds is 5. The molecule has 1 heterocycles. The molecule has 1 unspecified atom stereocenters. The number of halogens is 2. The fourth-order valence-electron chi connectivity index (χ4n) is 2.78. The molecule has 0 aliphatic heterocycles. The van der Waals surface area contributed by atoms with E-state index in [1.165, 1.54) is 0 Å². The first-order valence-corrected chi connectivity index (χ1v) is 8.68. The second-order valence-electron chi connectivity index (χ2n) is 5.77. The van der Waals surface area contributed by atoms with Gasteiger partial charge in [0.2, 0.25) is 5.91 Å². The molecule has 0 saturated carbocycles. The quantitative estimate of drug-likeness (QED) is 0.651. The van der Waals surface area contributed by atoms with Gasteiger partial charge in [0.05, 0.1) is 30.4 Å². The second-order valence-corrected chi connectivity index (χ2v) is 6.62. The predicted molar refractivity (Wildman–Crippen MR) is 105 cm³/mol. The topological polar surface area (TPSA) is 52.5 Å². The van der Waals surface area contributed by atoms with E-state index in [1.54, 1.807) is 39.3 Å². The normalized spacial score (nSPS) is 12.0. The Morgan fingerprint density at radius 2 is 1.88 bits per heavy atom. The highest BCUT2D eigenvalue weighted by atomic mass is 35.5. The highest BCUT2D eigenvalue weighted by Gasteiger charge is 2.19. The van der Waals surface area contributed by atoms with Gasteiger partial charge in [0.15, 0.2) is 0 Å². The summed E-state index contributed by atoms with van der Waals surface area (Å²) >= 11 is 12.1. The standard InChI is InChI=1S/C19H18Cl2N2O3/c1-11(19(24)22-16-8-12(20)4-5-15(16)21)23-7-6-14-17(23)9-13(25-2)10-18(14)26-3/h4-11H,1-3H3,(H,22,24). The van der Waals surface area contributed by atoms with Gasteiger partial charge in [0, 0.05) is 28.7 Å². The van der Waals surface area contributed by atoms with Crippen LogP contribution >= 0.6 is 23.2 Å². The van der Waals surface area contributed by atoms with E-state index >= 15 is 0 Å². The smallest absolute Gasteiger partial charge is 0.247 e. The molecule has 2 aromatic carbocycles. The number of aromatic nitrogens is 1. The maximum Gasteiger partial charge on any atom is 0.247 e. The van der Waals surface area contributed by atoms with E-state index in [-0.39, 0.29) is 5.91 Å². The lowest BCUT2D eigenvalue weighted by atomic mass is 10.2. The Morgan fingerprint density at radius 1 is 1.12 bits per heavy atom. The summed E-state index contributed by atoms with van der Waals surface area (Å²) in [5, 5.41) is 4.64. The first-order chi connectivity index (χ1) is 12.4. The lowest BCUT2D eigenvalue weighted by Crippen LogP contribution is -2.23. The molecule has 136 valence electrons. The summed E-state index contributed by atoms with van der Waals surface area (Å²) < 4.78 is 12.6. The van der Waals surface area contributed by atoms with Crippen molar-refractivity contribution in [2.75, 3.05) is 19.5 Å². The van der Waals surface area contributed by atoms with Gasteiger partial charge in [-0.2, -0.15) is 0 Å². The Bertz CT molecular complexity index is 969. The van der Waals surface area contributed by atoms with Crippen LogP contribution in [0.4, 0.5) is 5.69 Å². The molecule has 5 nitrogen and oxygen atoms in total. The summed E-state index contributed by atoms with van der Waals surface area (Å²) in [6.45, 7) is 1.80. The average molecular weight is 393 g/mol. The van der Waals surface area contributed by atoms with Crippen molar-refractivity contribution in [3.63, 3.8) is 0 Å². The Labute approximate surface area is 161 Å². The fourth-order valence-corrected chi connectivity index (χ4v) is 3.12. The number of carbonyl (C=O) groups is 1. The van der Waals surface area contributed by atoms with Crippen molar-refractivity contribution >= 4 is 45.7 Å². The number of fused-ring (bicyclic) bond motifs is 1.